The first kappa shape index (κ1) is 16.7. The highest BCUT2D eigenvalue weighted by Crippen LogP contribution is 2.28. The molecule has 0 radical (unpaired) electrons. The van der Waals surface area contributed by atoms with Crippen molar-refractivity contribution >= 4 is 12.0 Å². The molecule has 0 spiro atoms. The highest BCUT2D eigenvalue weighted by Gasteiger charge is 2.40. The lowest BCUT2D eigenvalue weighted by Gasteiger charge is -2.20. The third-order valence-corrected chi connectivity index (χ3v) is 2.26. The number of amides is 1. The molecular weight excluding hydrogens is 266 g/mol. The summed E-state index contributed by atoms with van der Waals surface area (Å²) < 4.78 is 16.0. The Labute approximate surface area is 118 Å². The molecule has 1 N–H and O–H groups in total. The van der Waals surface area contributed by atoms with E-state index in [4.69, 9.17) is 19.0 Å². The fourth-order valence-electron chi connectivity index (χ4n) is 1.68. The van der Waals surface area contributed by atoms with Crippen LogP contribution in [0.5, 0.6) is 0 Å². The minimum absolute atomic E-state index is 0.0194. The minimum atomic E-state index is -0.821. The van der Waals surface area contributed by atoms with Gasteiger partial charge in [0.15, 0.2) is 5.79 Å². The van der Waals surface area contributed by atoms with Crippen molar-refractivity contribution in [3.05, 3.63) is 6.08 Å². The average Bonchev–Trinajstić information content (AvgIpc) is 2.51. The van der Waals surface area contributed by atoms with Crippen molar-refractivity contribution in [1.82, 2.24) is 5.48 Å². The first-order valence-corrected chi connectivity index (χ1v) is 6.30. The van der Waals surface area contributed by atoms with E-state index < -0.39 is 29.7 Å². The van der Waals surface area contributed by atoms with Crippen LogP contribution >= 0.6 is 0 Å². The van der Waals surface area contributed by atoms with Crippen molar-refractivity contribution in [2.75, 3.05) is 6.61 Å². The summed E-state index contributed by atoms with van der Waals surface area (Å²) in [6, 6.07) is 0. The second kappa shape index (κ2) is 6.37. The van der Waals surface area contributed by atoms with Crippen molar-refractivity contribution in [2.24, 2.45) is 0 Å². The van der Waals surface area contributed by atoms with Crippen LogP contribution in [-0.2, 0) is 23.8 Å². The Balaban J connectivity index is 2.41. The monoisotopic (exact) mass is 287 g/mol. The maximum atomic E-state index is 11.4. The third-order valence-electron chi connectivity index (χ3n) is 2.26. The molecule has 2 atom stereocenters. The van der Waals surface area contributed by atoms with Gasteiger partial charge < -0.3 is 14.2 Å². The quantitative estimate of drug-likeness (QED) is 0.621. The van der Waals surface area contributed by atoms with Crippen molar-refractivity contribution in [3.8, 4) is 0 Å². The van der Waals surface area contributed by atoms with Crippen LogP contribution in [0, 0.1) is 0 Å². The molecule has 0 bridgehead atoms. The van der Waals surface area contributed by atoms with Gasteiger partial charge in [-0.05, 0) is 34.6 Å². The first-order valence-electron chi connectivity index (χ1n) is 6.30. The molecule has 0 aliphatic carbocycles. The zero-order valence-electron chi connectivity index (χ0n) is 12.4. The summed E-state index contributed by atoms with van der Waals surface area (Å²) in [7, 11) is 0. The molecule has 0 aromatic carbocycles. The standard InChI is InChI=1S/C13H21NO6/c1-12(2,3)20-11(16)14-17-8-10-9(6-7-15)18-13(4,5)19-10/h6,9-10H,8H2,1-5H3,(H,14,16). The van der Waals surface area contributed by atoms with Gasteiger partial charge in [0.05, 0.1) is 0 Å². The van der Waals surface area contributed by atoms with Gasteiger partial charge in [-0.15, -0.1) is 0 Å². The molecule has 1 heterocycles. The zero-order chi connectivity index (χ0) is 15.4. The first-order chi connectivity index (χ1) is 9.13. The normalized spacial score (nSPS) is 24.9. The van der Waals surface area contributed by atoms with Gasteiger partial charge >= 0.3 is 6.09 Å². The number of carbonyl (C=O) groups excluding carboxylic acids is 2. The van der Waals surface area contributed by atoms with Gasteiger partial charge in [0, 0.05) is 6.08 Å². The van der Waals surface area contributed by atoms with Crippen molar-refractivity contribution < 1.29 is 28.6 Å². The van der Waals surface area contributed by atoms with Crippen LogP contribution in [0.1, 0.15) is 34.6 Å². The van der Waals surface area contributed by atoms with E-state index in [1.807, 2.05) is 0 Å². The largest absolute Gasteiger partial charge is 0.442 e. The van der Waals surface area contributed by atoms with E-state index in [2.05, 4.69) is 5.48 Å². The average molecular weight is 287 g/mol. The van der Waals surface area contributed by atoms with Crippen LogP contribution in [0.4, 0.5) is 4.79 Å². The lowest BCUT2D eigenvalue weighted by atomic mass is 10.2. The summed E-state index contributed by atoms with van der Waals surface area (Å²) in [5.74, 6) is 0.839. The zero-order valence-corrected chi connectivity index (χ0v) is 12.4. The minimum Gasteiger partial charge on any atom is -0.442 e. The molecular formula is C13H21NO6. The van der Waals surface area contributed by atoms with Gasteiger partial charge in [0.1, 0.15) is 30.4 Å². The second-order valence-electron chi connectivity index (χ2n) is 5.84. The molecule has 2 unspecified atom stereocenters. The highest BCUT2D eigenvalue weighted by atomic mass is 16.8. The molecule has 20 heavy (non-hydrogen) atoms. The maximum Gasteiger partial charge on any atom is 0.431 e. The van der Waals surface area contributed by atoms with Crippen molar-refractivity contribution in [2.45, 2.75) is 58.2 Å². The highest BCUT2D eigenvalue weighted by molar-refractivity contribution is 5.66. The van der Waals surface area contributed by atoms with Crippen molar-refractivity contribution in [1.29, 1.82) is 0 Å². The molecule has 1 aliphatic rings. The molecule has 114 valence electrons. The Morgan fingerprint density at radius 1 is 1.40 bits per heavy atom. The molecule has 0 aromatic rings. The summed E-state index contributed by atoms with van der Waals surface area (Å²) >= 11 is 0. The van der Waals surface area contributed by atoms with Crippen molar-refractivity contribution in [3.63, 3.8) is 0 Å². The Morgan fingerprint density at radius 2 is 2.05 bits per heavy atom. The molecule has 0 aromatic heterocycles. The van der Waals surface area contributed by atoms with E-state index in [1.165, 1.54) is 6.08 Å². The Morgan fingerprint density at radius 3 is 2.60 bits per heavy atom. The number of nitrogens with one attached hydrogen (secondary N) is 1. The number of hydrogen-bond donors (Lipinski definition) is 1. The van der Waals surface area contributed by atoms with E-state index in [1.54, 1.807) is 40.6 Å². The smallest absolute Gasteiger partial charge is 0.431 e. The van der Waals surface area contributed by atoms with Crippen LogP contribution in [0.15, 0.2) is 6.08 Å². The van der Waals surface area contributed by atoms with E-state index in [0.29, 0.717) is 0 Å². The molecule has 1 rings (SSSR count). The van der Waals surface area contributed by atoms with Gasteiger partial charge in [-0.2, -0.15) is 5.48 Å². The van der Waals surface area contributed by atoms with Crippen LogP contribution in [0.25, 0.3) is 0 Å². The van der Waals surface area contributed by atoms with Gasteiger partial charge in [0.25, 0.3) is 0 Å². The van der Waals surface area contributed by atoms with E-state index in [9.17, 15) is 9.59 Å². The summed E-state index contributed by atoms with van der Waals surface area (Å²) in [4.78, 5) is 26.8. The van der Waals surface area contributed by atoms with Crippen LogP contribution in [-0.4, -0.2) is 42.2 Å². The second-order valence-corrected chi connectivity index (χ2v) is 5.84. The van der Waals surface area contributed by atoms with Gasteiger partial charge in [-0.25, -0.2) is 9.59 Å². The third kappa shape index (κ3) is 5.71. The fraction of sp³-hybridized carbons (Fsp3) is 0.769. The molecule has 1 fully saturated rings. The lowest BCUT2D eigenvalue weighted by molar-refractivity contribution is -0.150. The topological polar surface area (TPSA) is 83.1 Å². The number of rotatable bonds is 4. The summed E-state index contributed by atoms with van der Waals surface area (Å²) in [6.45, 7) is 8.70. The molecule has 7 nitrogen and oxygen atoms in total. The maximum absolute atomic E-state index is 11.4. The number of hydroxylamine groups is 1. The van der Waals surface area contributed by atoms with Gasteiger partial charge in [-0.3, -0.25) is 4.84 Å². The van der Waals surface area contributed by atoms with E-state index >= 15 is 0 Å². The van der Waals surface area contributed by atoms with Crippen LogP contribution in [0.2, 0.25) is 0 Å². The molecule has 1 aliphatic heterocycles. The summed E-state index contributed by atoms with van der Waals surface area (Å²) in [5.41, 5.74) is 1.54. The molecule has 1 saturated heterocycles. The predicted octanol–water partition coefficient (Wildman–Crippen LogP) is 1.35. The fourth-order valence-corrected chi connectivity index (χ4v) is 1.68. The van der Waals surface area contributed by atoms with Crippen LogP contribution < -0.4 is 5.48 Å². The lowest BCUT2D eigenvalue weighted by Crippen LogP contribution is -2.36. The number of ether oxygens (including phenoxy) is 3. The number of carbonyl (C=O) groups is 1. The molecule has 7 heteroatoms. The Kier molecular flexibility index (Phi) is 5.30. The Bertz CT molecular complexity index is 394. The Hall–Kier alpha value is -1.40. The van der Waals surface area contributed by atoms with E-state index in [0.717, 1.165) is 0 Å². The molecule has 0 saturated carbocycles. The summed E-state index contributed by atoms with van der Waals surface area (Å²) in [6.07, 6.45) is -0.557. The van der Waals surface area contributed by atoms with Gasteiger partial charge in [0.2, 0.25) is 0 Å². The molecule has 1 amide bonds. The van der Waals surface area contributed by atoms with E-state index in [-0.39, 0.29) is 6.61 Å². The van der Waals surface area contributed by atoms with Gasteiger partial charge in [-0.1, -0.05) is 0 Å². The van der Waals surface area contributed by atoms with Crippen LogP contribution in [0.3, 0.4) is 0 Å². The predicted molar refractivity (Wildman–Crippen MR) is 69.4 cm³/mol. The SMILES string of the molecule is CC(C)(C)OC(=O)NOCC1OC(C)(C)OC1C=C=O. The summed E-state index contributed by atoms with van der Waals surface area (Å²) in [5, 5.41) is 0. The number of hydrogen-bond acceptors (Lipinski definition) is 6.